The van der Waals surface area contributed by atoms with Crippen LogP contribution in [-0.2, 0) is 9.59 Å². The molecule has 1 heterocycles. The van der Waals surface area contributed by atoms with Gasteiger partial charge in [-0.15, -0.1) is 0 Å². The largest absolute Gasteiger partial charge is 0.486 e. The summed E-state index contributed by atoms with van der Waals surface area (Å²) in [5.74, 6) is 1.28. The van der Waals surface area contributed by atoms with E-state index < -0.39 is 6.10 Å². The van der Waals surface area contributed by atoms with Gasteiger partial charge in [0.2, 0.25) is 5.91 Å². The highest BCUT2D eigenvalue weighted by molar-refractivity contribution is 5.94. The van der Waals surface area contributed by atoms with E-state index in [4.69, 9.17) is 14.2 Å². The highest BCUT2D eigenvalue weighted by atomic mass is 16.6. The molecule has 1 aliphatic rings. The summed E-state index contributed by atoms with van der Waals surface area (Å²) in [6, 6.07) is 12.1. The maximum atomic E-state index is 12.4. The number of ether oxygens (including phenoxy) is 3. The molecule has 0 saturated carbocycles. The maximum absolute atomic E-state index is 12.4. The molecule has 2 aromatic rings. The summed E-state index contributed by atoms with van der Waals surface area (Å²) in [5.41, 5.74) is 1.20. The van der Waals surface area contributed by atoms with Crippen LogP contribution in [0.2, 0.25) is 0 Å². The van der Waals surface area contributed by atoms with E-state index in [1.807, 2.05) is 0 Å². The van der Waals surface area contributed by atoms with Crippen LogP contribution in [0.25, 0.3) is 0 Å². The van der Waals surface area contributed by atoms with Crippen LogP contribution in [0.1, 0.15) is 13.8 Å². The summed E-state index contributed by atoms with van der Waals surface area (Å²) in [5, 5.41) is 5.46. The van der Waals surface area contributed by atoms with Crippen molar-refractivity contribution in [3.05, 3.63) is 42.5 Å². The van der Waals surface area contributed by atoms with E-state index >= 15 is 0 Å². The lowest BCUT2D eigenvalue weighted by atomic mass is 10.2. The normalized spacial score (nSPS) is 13.5. The molecule has 7 heteroatoms. The van der Waals surface area contributed by atoms with Crippen molar-refractivity contribution in [3.8, 4) is 17.2 Å². The van der Waals surface area contributed by atoms with Crippen LogP contribution in [-0.4, -0.2) is 31.1 Å². The van der Waals surface area contributed by atoms with Gasteiger partial charge in [0.25, 0.3) is 5.91 Å². The topological polar surface area (TPSA) is 85.9 Å². The summed E-state index contributed by atoms with van der Waals surface area (Å²) in [4.78, 5) is 23.5. The molecule has 136 valence electrons. The van der Waals surface area contributed by atoms with Crippen LogP contribution < -0.4 is 24.8 Å². The second-order valence-corrected chi connectivity index (χ2v) is 5.82. The average Bonchev–Trinajstić information content (AvgIpc) is 2.61. The number of nitrogens with one attached hydrogen (secondary N) is 2. The lowest BCUT2D eigenvalue weighted by Gasteiger charge is -2.20. The minimum Gasteiger partial charge on any atom is -0.486 e. The first-order valence-electron chi connectivity index (χ1n) is 8.26. The molecule has 2 N–H and O–H groups in total. The Morgan fingerprint density at radius 2 is 1.73 bits per heavy atom. The fourth-order valence-corrected chi connectivity index (χ4v) is 2.47. The van der Waals surface area contributed by atoms with Crippen molar-refractivity contribution in [2.24, 2.45) is 0 Å². The Morgan fingerprint density at radius 1 is 1.00 bits per heavy atom. The highest BCUT2D eigenvalue weighted by Gasteiger charge is 2.17. The summed E-state index contributed by atoms with van der Waals surface area (Å²) >= 11 is 0. The number of fused-ring (bicyclic) bond motifs is 1. The zero-order chi connectivity index (χ0) is 18.5. The van der Waals surface area contributed by atoms with E-state index in [0.717, 1.165) is 0 Å². The second kappa shape index (κ2) is 7.77. The van der Waals surface area contributed by atoms with Crippen molar-refractivity contribution < 1.29 is 23.8 Å². The summed E-state index contributed by atoms with van der Waals surface area (Å²) in [6.07, 6.45) is -0.726. The first kappa shape index (κ1) is 17.6. The molecule has 0 aliphatic carbocycles. The summed E-state index contributed by atoms with van der Waals surface area (Å²) < 4.78 is 16.6. The Hall–Kier alpha value is -3.22. The molecule has 1 atom stereocenters. The van der Waals surface area contributed by atoms with Crippen molar-refractivity contribution in [1.29, 1.82) is 0 Å². The number of carbonyl (C=O) groups excluding carboxylic acids is 2. The number of hydrogen-bond donors (Lipinski definition) is 2. The first-order chi connectivity index (χ1) is 12.5. The molecule has 0 unspecified atom stereocenters. The van der Waals surface area contributed by atoms with Crippen molar-refractivity contribution >= 4 is 23.2 Å². The van der Waals surface area contributed by atoms with Crippen molar-refractivity contribution in [2.45, 2.75) is 20.0 Å². The van der Waals surface area contributed by atoms with Gasteiger partial charge in [0.05, 0.1) is 0 Å². The Bertz CT molecular complexity index is 821. The van der Waals surface area contributed by atoms with Gasteiger partial charge < -0.3 is 24.8 Å². The van der Waals surface area contributed by atoms with Crippen LogP contribution in [0.15, 0.2) is 42.5 Å². The molecule has 1 aliphatic heterocycles. The van der Waals surface area contributed by atoms with Gasteiger partial charge >= 0.3 is 0 Å². The van der Waals surface area contributed by atoms with Crippen molar-refractivity contribution in [3.63, 3.8) is 0 Å². The second-order valence-electron chi connectivity index (χ2n) is 5.82. The molecular weight excluding hydrogens is 336 g/mol. The predicted molar refractivity (Wildman–Crippen MR) is 96.9 cm³/mol. The third-order valence-electron chi connectivity index (χ3n) is 3.65. The van der Waals surface area contributed by atoms with Crippen LogP contribution >= 0.6 is 0 Å². The number of carbonyl (C=O) groups is 2. The lowest BCUT2D eigenvalue weighted by Crippen LogP contribution is -2.30. The van der Waals surface area contributed by atoms with Gasteiger partial charge in [-0.05, 0) is 31.2 Å². The lowest BCUT2D eigenvalue weighted by molar-refractivity contribution is -0.122. The van der Waals surface area contributed by atoms with Gasteiger partial charge in [-0.1, -0.05) is 6.07 Å². The summed E-state index contributed by atoms with van der Waals surface area (Å²) in [6.45, 7) is 4.07. The predicted octanol–water partition coefficient (Wildman–Crippen LogP) is 2.82. The third kappa shape index (κ3) is 4.44. The van der Waals surface area contributed by atoms with Crippen molar-refractivity contribution in [1.82, 2.24) is 0 Å². The smallest absolute Gasteiger partial charge is 0.265 e. The van der Waals surface area contributed by atoms with Crippen LogP contribution in [0.3, 0.4) is 0 Å². The Morgan fingerprint density at radius 3 is 2.50 bits per heavy atom. The number of anilines is 2. The maximum Gasteiger partial charge on any atom is 0.265 e. The molecule has 3 rings (SSSR count). The molecule has 0 spiro atoms. The van der Waals surface area contributed by atoms with Crippen LogP contribution in [0, 0.1) is 0 Å². The van der Waals surface area contributed by atoms with E-state index in [-0.39, 0.29) is 11.8 Å². The van der Waals surface area contributed by atoms with Crippen LogP contribution in [0.5, 0.6) is 17.2 Å². The molecule has 26 heavy (non-hydrogen) atoms. The van der Waals surface area contributed by atoms with Gasteiger partial charge in [0.1, 0.15) is 19.0 Å². The van der Waals surface area contributed by atoms with E-state index in [0.29, 0.717) is 41.8 Å². The average molecular weight is 356 g/mol. The van der Waals surface area contributed by atoms with Crippen LogP contribution in [0.4, 0.5) is 11.4 Å². The van der Waals surface area contributed by atoms with E-state index in [9.17, 15) is 9.59 Å². The molecule has 2 amide bonds. The van der Waals surface area contributed by atoms with Gasteiger partial charge in [0, 0.05) is 30.4 Å². The molecule has 0 aromatic heterocycles. The molecular formula is C19H20N2O5. The minimum absolute atomic E-state index is 0.174. The quantitative estimate of drug-likeness (QED) is 0.860. The molecule has 0 saturated heterocycles. The minimum atomic E-state index is -0.726. The zero-order valence-electron chi connectivity index (χ0n) is 14.6. The monoisotopic (exact) mass is 356 g/mol. The van der Waals surface area contributed by atoms with E-state index in [2.05, 4.69) is 10.6 Å². The Balaban J connectivity index is 1.62. The SMILES string of the molecule is CC(=O)Nc1cccc(O[C@@H](C)C(=O)Nc2ccc3c(c2)OCCO3)c1. The molecule has 7 nitrogen and oxygen atoms in total. The fraction of sp³-hybridized carbons (Fsp3) is 0.263. The molecule has 0 bridgehead atoms. The van der Waals surface area contributed by atoms with Gasteiger partial charge in [-0.25, -0.2) is 0 Å². The fourth-order valence-electron chi connectivity index (χ4n) is 2.47. The Labute approximate surface area is 151 Å². The summed E-state index contributed by atoms with van der Waals surface area (Å²) in [7, 11) is 0. The molecule has 2 aromatic carbocycles. The number of benzene rings is 2. The van der Waals surface area contributed by atoms with E-state index in [1.165, 1.54) is 6.92 Å². The van der Waals surface area contributed by atoms with E-state index in [1.54, 1.807) is 49.4 Å². The third-order valence-corrected chi connectivity index (χ3v) is 3.65. The standard InChI is InChI=1S/C19H20N2O5/c1-12(26-16-5-3-4-14(10-16)20-13(2)22)19(23)21-15-6-7-17-18(11-15)25-9-8-24-17/h3-7,10-12H,8-9H2,1-2H3,(H,20,22)(H,21,23)/t12-/m0/s1. The zero-order valence-corrected chi connectivity index (χ0v) is 14.6. The van der Waals surface area contributed by atoms with Gasteiger partial charge in [-0.2, -0.15) is 0 Å². The number of amides is 2. The van der Waals surface area contributed by atoms with Gasteiger partial charge in [-0.3, -0.25) is 9.59 Å². The number of rotatable bonds is 5. The van der Waals surface area contributed by atoms with Gasteiger partial charge in [0.15, 0.2) is 17.6 Å². The highest BCUT2D eigenvalue weighted by Crippen LogP contribution is 2.32. The Kier molecular flexibility index (Phi) is 5.26. The molecule has 0 radical (unpaired) electrons. The number of hydrogen-bond acceptors (Lipinski definition) is 5. The van der Waals surface area contributed by atoms with Crippen molar-refractivity contribution in [2.75, 3.05) is 23.8 Å². The first-order valence-corrected chi connectivity index (χ1v) is 8.26. The molecule has 0 fully saturated rings.